The predicted octanol–water partition coefficient (Wildman–Crippen LogP) is 5.25. The highest BCUT2D eigenvalue weighted by atomic mass is 31.2. The second-order valence-corrected chi connectivity index (χ2v) is 9.54. The smallest absolute Gasteiger partial charge is 0.475 e. The number of nitrogens with zero attached hydrogens (tertiary/aromatic N) is 3. The largest absolute Gasteiger partial charge is 0.480 e. The Kier molecular flexibility index (Phi) is 9.02. The van der Waals surface area contributed by atoms with E-state index in [2.05, 4.69) is 20.2 Å². The van der Waals surface area contributed by atoms with Gasteiger partial charge in [-0.05, 0) is 30.4 Å². The maximum absolute atomic E-state index is 13.3. The zero-order chi connectivity index (χ0) is 25.2. The van der Waals surface area contributed by atoms with E-state index in [0.29, 0.717) is 29.8 Å². The Bertz CT molecular complexity index is 1240. The van der Waals surface area contributed by atoms with E-state index in [1.807, 2.05) is 60.7 Å². The first-order valence-electron chi connectivity index (χ1n) is 11.5. The molecule has 2 aromatic heterocycles. The van der Waals surface area contributed by atoms with Gasteiger partial charge in [-0.25, -0.2) is 4.57 Å². The van der Waals surface area contributed by atoms with Crippen LogP contribution in [0.1, 0.15) is 29.7 Å². The molecule has 0 aliphatic rings. The van der Waals surface area contributed by atoms with Crippen LogP contribution in [0.5, 0.6) is 11.9 Å². The summed E-state index contributed by atoms with van der Waals surface area (Å²) in [4.78, 5) is 8.47. The van der Waals surface area contributed by atoms with Crippen molar-refractivity contribution in [1.82, 2.24) is 20.2 Å². The fourth-order valence-electron chi connectivity index (χ4n) is 3.50. The van der Waals surface area contributed by atoms with Crippen LogP contribution in [0.15, 0.2) is 60.7 Å². The summed E-state index contributed by atoms with van der Waals surface area (Å²) in [5, 5.41) is 7.93. The van der Waals surface area contributed by atoms with E-state index in [1.54, 1.807) is 0 Å². The summed E-state index contributed by atoms with van der Waals surface area (Å²) in [5.74, 6) is 0.393. The summed E-state index contributed by atoms with van der Waals surface area (Å²) in [5.41, 5.74) is 3.07. The normalized spacial score (nSPS) is 11.6. The molecule has 0 aliphatic carbocycles. The Labute approximate surface area is 209 Å². The molecule has 0 bridgehead atoms. The van der Waals surface area contributed by atoms with Crippen LogP contribution in [0.4, 0.5) is 0 Å². The van der Waals surface area contributed by atoms with Gasteiger partial charge in [0.05, 0.1) is 39.7 Å². The van der Waals surface area contributed by atoms with Crippen molar-refractivity contribution in [1.29, 1.82) is 0 Å². The molecule has 2 aromatic carbocycles. The summed E-state index contributed by atoms with van der Waals surface area (Å²) in [6.07, 6.45) is 1.99. The Hall–Kier alpha value is -3.30. The van der Waals surface area contributed by atoms with Crippen LogP contribution in [0, 0.1) is 0 Å². The molecule has 0 fully saturated rings. The first-order chi connectivity index (χ1) is 17.6. The van der Waals surface area contributed by atoms with Crippen molar-refractivity contribution in [3.05, 3.63) is 77.5 Å². The van der Waals surface area contributed by atoms with Gasteiger partial charge in [0.25, 0.3) is 0 Å². The molecule has 0 radical (unpaired) electrons. The first-order valence-corrected chi connectivity index (χ1v) is 13.0. The number of fused-ring (bicyclic) bond motifs is 1. The standard InChI is InChI=1S/C25H29N4O6P/c1-31-24-22-21(28-29-23(22)26-25(27-24)32-2)15-9-10-16-33-36(30,34-17-19-11-5-3-6-12-19)35-18-20-13-7-4-8-14-20/h3-8,11-14H,9-10,15-18H2,1-2H3,(H,26,27,28,29). The molecule has 0 unspecified atom stereocenters. The maximum Gasteiger partial charge on any atom is 0.475 e. The number of hydrogen-bond donors (Lipinski definition) is 1. The first kappa shape index (κ1) is 25.8. The second kappa shape index (κ2) is 12.6. The Morgan fingerprint density at radius 2 is 1.44 bits per heavy atom. The highest BCUT2D eigenvalue weighted by Gasteiger charge is 2.27. The molecule has 0 aliphatic heterocycles. The maximum atomic E-state index is 13.3. The molecule has 1 N–H and O–H groups in total. The molecule has 2 heterocycles. The summed E-state index contributed by atoms with van der Waals surface area (Å²) < 4.78 is 40.8. The van der Waals surface area contributed by atoms with E-state index in [1.165, 1.54) is 14.2 Å². The van der Waals surface area contributed by atoms with Gasteiger partial charge in [-0.2, -0.15) is 15.1 Å². The number of phosphoric acid groups is 1. The lowest BCUT2D eigenvalue weighted by Gasteiger charge is -2.18. The number of benzene rings is 2. The zero-order valence-corrected chi connectivity index (χ0v) is 21.1. The Balaban J connectivity index is 1.33. The van der Waals surface area contributed by atoms with E-state index in [-0.39, 0.29) is 25.8 Å². The van der Waals surface area contributed by atoms with Gasteiger partial charge in [-0.15, -0.1) is 0 Å². The number of aryl methyl sites for hydroxylation is 1. The van der Waals surface area contributed by atoms with Crippen LogP contribution >= 0.6 is 7.82 Å². The summed E-state index contributed by atoms with van der Waals surface area (Å²) in [6, 6.07) is 19.2. The average Bonchev–Trinajstić information content (AvgIpc) is 3.34. The van der Waals surface area contributed by atoms with Crippen molar-refractivity contribution in [2.75, 3.05) is 20.8 Å². The molecule has 4 aromatic rings. The van der Waals surface area contributed by atoms with E-state index >= 15 is 0 Å². The third-order valence-corrected chi connectivity index (χ3v) is 6.73. The zero-order valence-electron chi connectivity index (χ0n) is 20.3. The summed E-state index contributed by atoms with van der Waals surface area (Å²) >= 11 is 0. The van der Waals surface area contributed by atoms with Gasteiger partial charge in [0.2, 0.25) is 5.88 Å². The predicted molar refractivity (Wildman–Crippen MR) is 134 cm³/mol. The Morgan fingerprint density at radius 3 is 2.03 bits per heavy atom. The minimum Gasteiger partial charge on any atom is -0.480 e. The molecule has 0 atom stereocenters. The van der Waals surface area contributed by atoms with Gasteiger partial charge >= 0.3 is 13.8 Å². The van der Waals surface area contributed by atoms with Crippen molar-refractivity contribution < 1.29 is 27.6 Å². The van der Waals surface area contributed by atoms with E-state index in [9.17, 15) is 4.57 Å². The van der Waals surface area contributed by atoms with E-state index in [0.717, 1.165) is 23.2 Å². The lowest BCUT2D eigenvalue weighted by molar-refractivity contribution is 0.101. The van der Waals surface area contributed by atoms with Gasteiger partial charge in [0, 0.05) is 0 Å². The monoisotopic (exact) mass is 512 g/mol. The molecule has 0 spiro atoms. The summed E-state index contributed by atoms with van der Waals surface area (Å²) in [7, 11) is -0.763. The third-order valence-electron chi connectivity index (χ3n) is 5.35. The third kappa shape index (κ3) is 6.89. The molecular formula is C25H29N4O6P. The number of H-pyrrole nitrogens is 1. The topological polar surface area (TPSA) is 118 Å². The molecular weight excluding hydrogens is 483 g/mol. The minimum atomic E-state index is -3.79. The minimum absolute atomic E-state index is 0.121. The number of aromatic amines is 1. The van der Waals surface area contributed by atoms with Crippen LogP contribution in [-0.4, -0.2) is 41.0 Å². The van der Waals surface area contributed by atoms with Crippen molar-refractivity contribution in [2.24, 2.45) is 0 Å². The highest BCUT2D eigenvalue weighted by Crippen LogP contribution is 2.51. The number of unbranched alkanes of at least 4 members (excludes halogenated alkanes) is 1. The van der Waals surface area contributed by atoms with Crippen molar-refractivity contribution in [2.45, 2.75) is 32.5 Å². The molecule has 0 amide bonds. The number of hydrogen-bond acceptors (Lipinski definition) is 9. The van der Waals surface area contributed by atoms with Crippen LogP contribution in [0.2, 0.25) is 0 Å². The quantitative estimate of drug-likeness (QED) is 0.178. The fourth-order valence-corrected chi connectivity index (χ4v) is 4.69. The average molecular weight is 513 g/mol. The molecule has 0 saturated heterocycles. The van der Waals surface area contributed by atoms with Gasteiger partial charge in [0.1, 0.15) is 5.39 Å². The highest BCUT2D eigenvalue weighted by molar-refractivity contribution is 7.48. The van der Waals surface area contributed by atoms with E-state index < -0.39 is 7.82 Å². The number of nitrogens with one attached hydrogen (secondary N) is 1. The molecule has 10 nitrogen and oxygen atoms in total. The SMILES string of the molecule is COc1nc(OC)c2c(CCCCOP(=O)(OCc3ccccc3)OCc3ccccc3)[nH]nc2n1. The molecule has 190 valence electrons. The number of ether oxygens (including phenoxy) is 2. The number of aromatic nitrogens is 4. The van der Waals surface area contributed by atoms with Gasteiger partial charge < -0.3 is 9.47 Å². The van der Waals surface area contributed by atoms with Gasteiger partial charge in [-0.3, -0.25) is 18.7 Å². The summed E-state index contributed by atoms with van der Waals surface area (Å²) in [6.45, 7) is 0.445. The number of methoxy groups -OCH3 is 2. The lowest BCUT2D eigenvalue weighted by atomic mass is 10.1. The van der Waals surface area contributed by atoms with Gasteiger partial charge in [-0.1, -0.05) is 60.7 Å². The van der Waals surface area contributed by atoms with Crippen molar-refractivity contribution >= 4 is 18.9 Å². The van der Waals surface area contributed by atoms with Crippen LogP contribution in [0.25, 0.3) is 11.0 Å². The van der Waals surface area contributed by atoms with Gasteiger partial charge in [0.15, 0.2) is 5.65 Å². The molecule has 0 saturated carbocycles. The van der Waals surface area contributed by atoms with Crippen LogP contribution < -0.4 is 9.47 Å². The fraction of sp³-hybridized carbons (Fsp3) is 0.320. The molecule has 36 heavy (non-hydrogen) atoms. The Morgan fingerprint density at radius 1 is 0.806 bits per heavy atom. The van der Waals surface area contributed by atoms with Crippen LogP contribution in [-0.2, 0) is 37.8 Å². The molecule has 4 rings (SSSR count). The van der Waals surface area contributed by atoms with E-state index in [4.69, 9.17) is 23.0 Å². The van der Waals surface area contributed by atoms with Crippen molar-refractivity contribution in [3.8, 4) is 11.9 Å². The van der Waals surface area contributed by atoms with Crippen molar-refractivity contribution in [3.63, 3.8) is 0 Å². The number of rotatable bonds is 14. The second-order valence-electron chi connectivity index (χ2n) is 7.88. The number of phosphoric ester groups is 1. The lowest BCUT2D eigenvalue weighted by Crippen LogP contribution is -2.03. The molecule has 11 heteroatoms. The van der Waals surface area contributed by atoms with Crippen LogP contribution in [0.3, 0.4) is 0 Å².